The quantitative estimate of drug-likeness (QED) is 0.0423. The molecule has 8 aromatic carbocycles. The van der Waals surface area contributed by atoms with Gasteiger partial charge in [0.05, 0.1) is 87.8 Å². The number of fused-ring (bicyclic) bond motifs is 4. The molecule has 22 heteroatoms. The van der Waals surface area contributed by atoms with E-state index in [0.29, 0.717) is 17.2 Å². The van der Waals surface area contributed by atoms with Gasteiger partial charge in [-0.3, -0.25) is 39.1 Å². The van der Waals surface area contributed by atoms with Crippen molar-refractivity contribution < 1.29 is 148 Å². The molecule has 18 nitrogen and oxygen atoms in total. The van der Waals surface area contributed by atoms with E-state index in [4.69, 9.17) is 68.8 Å². The molecule has 4 heterocycles. The van der Waals surface area contributed by atoms with E-state index in [2.05, 4.69) is 239 Å². The SMILES string of the molecule is CC(=O)C=C(C)O.CC(=O)C=C(C)O.CC(=O)C=C(C)O.CC(=O)C=C(C)O.CCc1c(OC)c(OC)cc2nc(-c3[c-]c(C)ccc3C)ccc12.COc1cc[c-]c(-c2ccc3c(OC)c(OC)c(OC)cc3n2)c1.Cc1[c-]c(-c2ccc3c(C(C)(C)C)cc(C(C)(C)C)cc3n2)cc(C)c1.Cc1cc[c-]c(-c2ccc3c(C(C)(C)C)cc(C(C)(C)C)cc3n2)c1.[Ir].[Ir].[Ir].[Ir]. The Morgan fingerprint density at radius 3 is 1.08 bits per heavy atom. The zero-order valence-corrected chi connectivity index (χ0v) is 91.4. The third-order valence-corrected chi connectivity index (χ3v) is 19.4. The van der Waals surface area contributed by atoms with Crippen LogP contribution in [0.4, 0.5) is 0 Å². The Bertz CT molecular complexity index is 5880. The molecule has 0 aliphatic heterocycles. The van der Waals surface area contributed by atoms with Gasteiger partial charge in [-0.05, 0) is 141 Å². The van der Waals surface area contributed by atoms with Gasteiger partial charge in [-0.1, -0.05) is 185 Å². The van der Waals surface area contributed by atoms with Crippen LogP contribution in [0.1, 0.15) is 201 Å². The van der Waals surface area contributed by atoms with Crippen LogP contribution in [0.5, 0.6) is 34.5 Å². The molecule has 4 aromatic heterocycles. The van der Waals surface area contributed by atoms with E-state index in [0.717, 1.165) is 118 Å². The minimum absolute atomic E-state index is 0. The van der Waals surface area contributed by atoms with Crippen LogP contribution in [0.25, 0.3) is 88.6 Å². The second kappa shape index (κ2) is 54.0. The van der Waals surface area contributed by atoms with Crippen LogP contribution in [0.2, 0.25) is 0 Å². The summed E-state index contributed by atoms with van der Waals surface area (Å²) in [5, 5.41) is 37.9. The van der Waals surface area contributed by atoms with Gasteiger partial charge in [-0.2, -0.15) is 0 Å². The van der Waals surface area contributed by atoms with Crippen LogP contribution in [0.15, 0.2) is 193 Å². The summed E-state index contributed by atoms with van der Waals surface area (Å²) in [6.45, 7) is 51.2. The van der Waals surface area contributed by atoms with E-state index >= 15 is 0 Å². The third kappa shape index (κ3) is 36.6. The summed E-state index contributed by atoms with van der Waals surface area (Å²) in [6.07, 6.45) is 5.52. The van der Waals surface area contributed by atoms with Crippen molar-refractivity contribution >= 4 is 66.7 Å². The molecule has 0 atom stereocenters. The zero-order chi connectivity index (χ0) is 95.5. The van der Waals surface area contributed by atoms with Crippen LogP contribution in [0.3, 0.4) is 0 Å². The normalized spacial score (nSPS) is 11.3. The Morgan fingerprint density at radius 1 is 0.351 bits per heavy atom. The van der Waals surface area contributed by atoms with E-state index in [9.17, 15) is 19.2 Å². The average Bonchev–Trinajstić information content (AvgIpc) is 0.779. The maximum absolute atomic E-state index is 10.0. The van der Waals surface area contributed by atoms with Gasteiger partial charge in [0.25, 0.3) is 0 Å². The molecule has 0 amide bonds. The summed E-state index contributed by atoms with van der Waals surface area (Å²) in [5.41, 5.74) is 24.3. The first-order valence-electron chi connectivity index (χ1n) is 41.9. The number of aliphatic hydroxyl groups is 4. The number of nitrogens with zero attached hydrogens (tertiary/aromatic N) is 4. The second-order valence-corrected chi connectivity index (χ2v) is 35.2. The Kier molecular flexibility index (Phi) is 48.9. The number of ketones is 4. The molecule has 0 spiro atoms. The number of carbonyl (C=O) groups excluding carboxylic acids is 4. The monoisotopic (exact) mass is 2490 g/mol. The first kappa shape index (κ1) is 119. The molecule has 710 valence electrons. The number of rotatable bonds is 15. The smallest absolute Gasteiger partial charge is 0.204 e. The maximum atomic E-state index is 10.0. The number of aryl methyl sites for hydroxylation is 6. The summed E-state index contributed by atoms with van der Waals surface area (Å²) < 4.78 is 32.6. The number of aliphatic hydroxyl groups excluding tert-OH is 4. The molecule has 4 radical (unpaired) electrons. The van der Waals surface area contributed by atoms with Crippen LogP contribution in [-0.4, -0.2) is 106 Å². The Balaban J connectivity index is 0.000000787. The molecular formula is C109H130Ir4N4O14-4. The molecule has 0 unspecified atom stereocenters. The molecule has 12 aromatic rings. The first-order chi connectivity index (χ1) is 59.3. The van der Waals surface area contributed by atoms with Crippen LogP contribution < -0.4 is 28.4 Å². The molecule has 12 rings (SSSR count). The fourth-order valence-corrected chi connectivity index (χ4v) is 13.5. The Labute approximate surface area is 831 Å². The third-order valence-electron chi connectivity index (χ3n) is 19.4. The molecule has 131 heavy (non-hydrogen) atoms. The standard InChI is InChI=1S/C25H30N.C24H28N.C21H22NO2.C19H18NO4.4C5H8O2.4Ir/c1-16-11-17(2)13-18(12-16)22-10-9-20-21(25(6,7)8)14-19(24(3,4)5)15-23(20)26-22;1-16-9-8-10-17(13-16)21-12-11-19-20(24(5,6)7)14-18(23(2,3)4)15-22(19)25-21;1-6-15-16-9-10-18(17-11-13(2)7-8-14(17)3)22-19(16)12-20(23-4)21(15)24-5;1-21-13-7-5-6-12(10-13)15-9-8-14-16(20-15)11-17(22-2)19(24-4)18(14)23-3;4*1-4(6)3-5(2)7;;;;/h9-12,14-15H,1-8H3;8-9,11-15H,1-7H3;7-10,12H,6H2,1-5H3;5,7-11H,1-4H3;4*3,6H,1-2H3;;;;/q4*-1;;;;;;;;. The van der Waals surface area contributed by atoms with Crippen molar-refractivity contribution in [3.63, 3.8) is 0 Å². The number of pyridine rings is 4. The van der Waals surface area contributed by atoms with Crippen molar-refractivity contribution in [1.29, 1.82) is 0 Å². The molecule has 0 fully saturated rings. The number of allylic oxidation sites excluding steroid dienone is 8. The number of ether oxygens (including phenoxy) is 6. The van der Waals surface area contributed by atoms with Gasteiger partial charge in [0.1, 0.15) is 0 Å². The van der Waals surface area contributed by atoms with E-state index in [1.165, 1.54) is 129 Å². The van der Waals surface area contributed by atoms with Crippen molar-refractivity contribution in [3.05, 3.63) is 273 Å². The van der Waals surface area contributed by atoms with Gasteiger partial charge in [0.2, 0.25) is 5.75 Å². The van der Waals surface area contributed by atoms with Crippen molar-refractivity contribution in [2.75, 3.05) is 42.7 Å². The van der Waals surface area contributed by atoms with Crippen molar-refractivity contribution in [1.82, 2.24) is 19.9 Å². The van der Waals surface area contributed by atoms with Gasteiger partial charge in [0, 0.05) is 150 Å². The summed E-state index contributed by atoms with van der Waals surface area (Å²) >= 11 is 0. The topological polar surface area (TPSA) is 256 Å². The van der Waals surface area contributed by atoms with Crippen molar-refractivity contribution in [2.24, 2.45) is 0 Å². The molecule has 0 aliphatic carbocycles. The Morgan fingerprint density at radius 2 is 0.718 bits per heavy atom. The fraction of sp³-hybridized carbons (Fsp3) is 0.339. The fourth-order valence-electron chi connectivity index (χ4n) is 13.5. The van der Waals surface area contributed by atoms with Crippen LogP contribution >= 0.6 is 0 Å². The van der Waals surface area contributed by atoms with Crippen LogP contribution in [0, 0.1) is 58.9 Å². The number of benzene rings is 8. The zero-order valence-electron chi connectivity index (χ0n) is 81.9. The van der Waals surface area contributed by atoms with Gasteiger partial charge in [0.15, 0.2) is 46.1 Å². The van der Waals surface area contributed by atoms with Gasteiger partial charge < -0.3 is 48.8 Å². The minimum Gasteiger partial charge on any atom is -0.516 e. The summed E-state index contributed by atoms with van der Waals surface area (Å²) in [5.74, 6) is 3.74. The predicted octanol–water partition coefficient (Wildman–Crippen LogP) is 26.3. The van der Waals surface area contributed by atoms with Crippen molar-refractivity contribution in [2.45, 2.75) is 208 Å². The largest absolute Gasteiger partial charge is 0.516 e. The second-order valence-electron chi connectivity index (χ2n) is 35.2. The minimum atomic E-state index is -0.125. The number of hydrogen-bond acceptors (Lipinski definition) is 18. The maximum Gasteiger partial charge on any atom is 0.204 e. The number of carbonyl (C=O) groups is 4. The number of aromatic nitrogens is 4. The summed E-state index contributed by atoms with van der Waals surface area (Å²) in [7, 11) is 9.73. The van der Waals surface area contributed by atoms with Gasteiger partial charge in [-0.25, -0.2) is 0 Å². The van der Waals surface area contributed by atoms with Crippen LogP contribution in [-0.2, 0) is 128 Å². The van der Waals surface area contributed by atoms with Gasteiger partial charge >= 0.3 is 0 Å². The summed E-state index contributed by atoms with van der Waals surface area (Å²) in [4.78, 5) is 59.7. The van der Waals surface area contributed by atoms with E-state index < -0.39 is 0 Å². The van der Waals surface area contributed by atoms with Crippen molar-refractivity contribution in [3.8, 4) is 79.5 Å². The molecule has 4 N–H and O–H groups in total. The molecule has 0 bridgehead atoms. The number of methoxy groups -OCH3 is 6. The van der Waals surface area contributed by atoms with E-state index in [-0.39, 0.29) is 148 Å². The predicted molar refractivity (Wildman–Crippen MR) is 520 cm³/mol. The molecule has 0 aliphatic rings. The average molecular weight is 2490 g/mol. The summed E-state index contributed by atoms with van der Waals surface area (Å²) in [6, 6.07) is 63.4. The van der Waals surface area contributed by atoms with E-state index in [1.807, 2.05) is 55.5 Å². The van der Waals surface area contributed by atoms with Gasteiger partial charge in [-0.15, -0.1) is 135 Å². The first-order valence-corrected chi connectivity index (χ1v) is 41.9. The van der Waals surface area contributed by atoms with E-state index in [1.54, 1.807) is 42.7 Å². The molecular weight excluding hydrogens is 2360 g/mol. The molecule has 0 saturated heterocycles. The molecule has 0 saturated carbocycles. The number of hydrogen-bond donors (Lipinski definition) is 4. The Hall–Kier alpha value is -10.4.